The molecule has 0 saturated carbocycles. The van der Waals surface area contributed by atoms with Gasteiger partial charge in [-0.05, 0) is 36.1 Å². The van der Waals surface area contributed by atoms with Crippen LogP contribution in [0, 0.1) is 0 Å². The Kier molecular flexibility index (Phi) is 3.84. The van der Waals surface area contributed by atoms with Crippen molar-refractivity contribution in [2.24, 2.45) is 0 Å². The van der Waals surface area contributed by atoms with Crippen LogP contribution in [0.3, 0.4) is 0 Å². The highest BCUT2D eigenvalue weighted by Gasteiger charge is 2.09. The van der Waals surface area contributed by atoms with Crippen molar-refractivity contribution >= 4 is 44.5 Å². The SMILES string of the molecule is CC(NCc1nc2ccccc2s1)c1csc(Cl)c1. The summed E-state index contributed by atoms with van der Waals surface area (Å²) in [6.45, 7) is 2.93. The van der Waals surface area contributed by atoms with E-state index in [1.54, 1.807) is 22.7 Å². The number of hydrogen-bond donors (Lipinski definition) is 1. The van der Waals surface area contributed by atoms with Gasteiger partial charge in [0.15, 0.2) is 0 Å². The lowest BCUT2D eigenvalue weighted by Gasteiger charge is -2.10. The molecule has 0 spiro atoms. The van der Waals surface area contributed by atoms with Gasteiger partial charge in [0.25, 0.3) is 0 Å². The van der Waals surface area contributed by atoms with E-state index in [1.807, 2.05) is 18.2 Å². The zero-order chi connectivity index (χ0) is 13.2. The molecule has 1 aromatic carbocycles. The lowest BCUT2D eigenvalue weighted by molar-refractivity contribution is 0.575. The number of fused-ring (bicyclic) bond motifs is 1. The summed E-state index contributed by atoms with van der Waals surface area (Å²) in [5, 5.41) is 6.70. The summed E-state index contributed by atoms with van der Waals surface area (Å²) in [4.78, 5) is 4.62. The van der Waals surface area contributed by atoms with Crippen molar-refractivity contribution in [2.75, 3.05) is 0 Å². The molecule has 0 aliphatic carbocycles. The summed E-state index contributed by atoms with van der Waals surface area (Å²) in [6, 6.07) is 10.5. The van der Waals surface area contributed by atoms with Gasteiger partial charge >= 0.3 is 0 Å². The molecular weight excluding hydrogens is 296 g/mol. The van der Waals surface area contributed by atoms with E-state index in [2.05, 4.69) is 34.7 Å². The Bertz CT molecular complexity index is 656. The van der Waals surface area contributed by atoms with Crippen molar-refractivity contribution in [1.29, 1.82) is 0 Å². The molecule has 0 fully saturated rings. The van der Waals surface area contributed by atoms with Crippen LogP contribution in [-0.2, 0) is 6.54 Å². The molecule has 0 aliphatic rings. The van der Waals surface area contributed by atoms with Crippen molar-refractivity contribution in [3.63, 3.8) is 0 Å². The lowest BCUT2D eigenvalue weighted by atomic mass is 10.2. The van der Waals surface area contributed by atoms with Crippen LogP contribution in [0.25, 0.3) is 10.2 Å². The van der Waals surface area contributed by atoms with E-state index in [-0.39, 0.29) is 6.04 Å². The molecular formula is C14H13ClN2S2. The van der Waals surface area contributed by atoms with Crippen LogP contribution in [-0.4, -0.2) is 4.98 Å². The van der Waals surface area contributed by atoms with Crippen molar-refractivity contribution in [1.82, 2.24) is 10.3 Å². The predicted octanol–water partition coefficient (Wildman–Crippen LogP) is 4.86. The number of thiazole rings is 1. The number of halogens is 1. The van der Waals surface area contributed by atoms with Gasteiger partial charge in [-0.25, -0.2) is 4.98 Å². The molecule has 5 heteroatoms. The maximum atomic E-state index is 5.96. The maximum absolute atomic E-state index is 5.96. The molecule has 3 rings (SSSR count). The first-order valence-electron chi connectivity index (χ1n) is 6.04. The number of nitrogens with zero attached hydrogens (tertiary/aromatic N) is 1. The first-order valence-corrected chi connectivity index (χ1v) is 8.11. The number of aromatic nitrogens is 1. The fraction of sp³-hybridized carbons (Fsp3) is 0.214. The van der Waals surface area contributed by atoms with Gasteiger partial charge < -0.3 is 5.32 Å². The number of benzene rings is 1. The molecule has 0 aliphatic heterocycles. The van der Waals surface area contributed by atoms with Crippen LogP contribution in [0.2, 0.25) is 4.34 Å². The molecule has 1 atom stereocenters. The molecule has 1 N–H and O–H groups in total. The normalized spacial score (nSPS) is 12.9. The van der Waals surface area contributed by atoms with E-state index in [0.29, 0.717) is 0 Å². The van der Waals surface area contributed by atoms with Gasteiger partial charge in [0, 0.05) is 12.6 Å². The number of hydrogen-bond acceptors (Lipinski definition) is 4. The Balaban J connectivity index is 1.68. The summed E-state index contributed by atoms with van der Waals surface area (Å²) in [5.41, 5.74) is 2.31. The second kappa shape index (κ2) is 5.59. The lowest BCUT2D eigenvalue weighted by Crippen LogP contribution is -2.17. The summed E-state index contributed by atoms with van der Waals surface area (Å²) in [5.74, 6) is 0. The third kappa shape index (κ3) is 2.98. The number of para-hydroxylation sites is 1. The highest BCUT2D eigenvalue weighted by atomic mass is 35.5. The average molecular weight is 309 g/mol. The minimum atomic E-state index is 0.288. The largest absolute Gasteiger partial charge is 0.304 e. The predicted molar refractivity (Wildman–Crippen MR) is 84.2 cm³/mol. The average Bonchev–Trinajstić information content (AvgIpc) is 3.01. The molecule has 0 amide bonds. The quantitative estimate of drug-likeness (QED) is 0.744. The molecule has 2 heterocycles. The number of thiophene rings is 1. The van der Waals surface area contributed by atoms with Crippen molar-refractivity contribution in [3.05, 3.63) is 50.6 Å². The van der Waals surface area contributed by atoms with E-state index in [0.717, 1.165) is 21.4 Å². The molecule has 2 aromatic heterocycles. The molecule has 0 saturated heterocycles. The second-order valence-electron chi connectivity index (χ2n) is 4.36. The Morgan fingerprint density at radius 2 is 2.21 bits per heavy atom. The monoisotopic (exact) mass is 308 g/mol. The Hall–Kier alpha value is -0.940. The second-order valence-corrected chi connectivity index (χ2v) is 7.02. The Morgan fingerprint density at radius 3 is 2.95 bits per heavy atom. The van der Waals surface area contributed by atoms with Gasteiger partial charge in [0.05, 0.1) is 14.6 Å². The van der Waals surface area contributed by atoms with Crippen LogP contribution in [0.4, 0.5) is 0 Å². The molecule has 2 nitrogen and oxygen atoms in total. The van der Waals surface area contributed by atoms with Crippen LogP contribution in [0.15, 0.2) is 35.7 Å². The third-order valence-electron chi connectivity index (χ3n) is 2.99. The van der Waals surface area contributed by atoms with Crippen LogP contribution in [0.1, 0.15) is 23.5 Å². The highest BCUT2D eigenvalue weighted by molar-refractivity contribution is 7.18. The van der Waals surface area contributed by atoms with Gasteiger partial charge in [-0.3, -0.25) is 0 Å². The number of rotatable bonds is 4. The van der Waals surface area contributed by atoms with Crippen molar-refractivity contribution in [2.45, 2.75) is 19.5 Å². The fourth-order valence-electron chi connectivity index (χ4n) is 1.90. The van der Waals surface area contributed by atoms with Crippen molar-refractivity contribution in [3.8, 4) is 0 Å². The summed E-state index contributed by atoms with van der Waals surface area (Å²) >= 11 is 9.27. The summed E-state index contributed by atoms with van der Waals surface area (Å²) < 4.78 is 2.08. The van der Waals surface area contributed by atoms with Crippen LogP contribution in [0.5, 0.6) is 0 Å². The molecule has 0 bridgehead atoms. The zero-order valence-electron chi connectivity index (χ0n) is 10.4. The molecule has 0 radical (unpaired) electrons. The first-order chi connectivity index (χ1) is 9.22. The molecule has 1 unspecified atom stereocenters. The van der Waals surface area contributed by atoms with Crippen LogP contribution < -0.4 is 5.32 Å². The molecule has 19 heavy (non-hydrogen) atoms. The summed E-state index contributed by atoms with van der Waals surface area (Å²) in [7, 11) is 0. The van der Waals surface area contributed by atoms with Gasteiger partial charge in [0.1, 0.15) is 5.01 Å². The zero-order valence-corrected chi connectivity index (χ0v) is 12.8. The van der Waals surface area contributed by atoms with E-state index in [4.69, 9.17) is 11.6 Å². The topological polar surface area (TPSA) is 24.9 Å². The van der Waals surface area contributed by atoms with Crippen LogP contribution >= 0.6 is 34.3 Å². The number of nitrogens with one attached hydrogen (secondary N) is 1. The molecule has 98 valence electrons. The highest BCUT2D eigenvalue weighted by Crippen LogP contribution is 2.26. The smallest absolute Gasteiger partial charge is 0.108 e. The fourth-order valence-corrected chi connectivity index (χ4v) is 3.81. The third-order valence-corrected chi connectivity index (χ3v) is 5.13. The summed E-state index contributed by atoms with van der Waals surface area (Å²) in [6.07, 6.45) is 0. The van der Waals surface area contributed by atoms with Gasteiger partial charge in [-0.1, -0.05) is 23.7 Å². The van der Waals surface area contributed by atoms with Gasteiger partial charge in [0.2, 0.25) is 0 Å². The minimum absolute atomic E-state index is 0.288. The van der Waals surface area contributed by atoms with Crippen molar-refractivity contribution < 1.29 is 0 Å². The Morgan fingerprint density at radius 1 is 1.37 bits per heavy atom. The minimum Gasteiger partial charge on any atom is -0.304 e. The van der Waals surface area contributed by atoms with E-state index >= 15 is 0 Å². The standard InChI is InChI=1S/C14H13ClN2S2/c1-9(10-6-13(15)18-8-10)16-7-14-17-11-4-2-3-5-12(11)19-14/h2-6,8-9,16H,7H2,1H3. The van der Waals surface area contributed by atoms with Gasteiger partial charge in [-0.2, -0.15) is 0 Å². The Labute approximate surface area is 125 Å². The van der Waals surface area contributed by atoms with E-state index in [9.17, 15) is 0 Å². The molecule has 3 aromatic rings. The maximum Gasteiger partial charge on any atom is 0.108 e. The van der Waals surface area contributed by atoms with Gasteiger partial charge in [-0.15, -0.1) is 22.7 Å². The van der Waals surface area contributed by atoms with E-state index in [1.165, 1.54) is 10.3 Å². The first kappa shape index (κ1) is 13.1. The van der Waals surface area contributed by atoms with E-state index < -0.39 is 0 Å².